The average Bonchev–Trinajstić information content (AvgIpc) is 3.79. The number of β-lactam (4-membered cyclic amide) rings is 1. The van der Waals surface area contributed by atoms with Gasteiger partial charge in [0.15, 0.2) is 23.2 Å². The molecule has 0 bridgehead atoms. The Morgan fingerprint density at radius 3 is 2.70 bits per heavy atom. The Kier molecular flexibility index (Phi) is 8.77. The number of primary amides is 1. The number of hydrogen-bond acceptors (Lipinski definition) is 12. The lowest BCUT2D eigenvalue weighted by molar-refractivity contribution is -0.684. The predicted octanol–water partition coefficient (Wildman–Crippen LogP) is -1.46. The van der Waals surface area contributed by atoms with Crippen LogP contribution in [0.4, 0.5) is 5.13 Å². The molecule has 17 heteroatoms. The molecular formula is C29H30N8O7S2. The molecule has 2 atom stereocenters. The molecule has 46 heavy (non-hydrogen) atoms. The van der Waals surface area contributed by atoms with Crippen LogP contribution in [0.25, 0.3) is 5.57 Å². The molecule has 6 N–H and O–H groups in total. The number of nitrogens with one attached hydrogen (secondary N) is 2. The second-order valence-electron chi connectivity index (χ2n) is 11.1. The molecule has 15 nitrogen and oxygen atoms in total. The number of oxime groups is 1. The van der Waals surface area contributed by atoms with Gasteiger partial charge in [0.1, 0.15) is 23.2 Å². The van der Waals surface area contributed by atoms with Gasteiger partial charge in [-0.2, -0.15) is 4.57 Å². The van der Waals surface area contributed by atoms with E-state index in [1.165, 1.54) is 16.3 Å². The number of carbonyl (C=O) groups is 5. The molecule has 2 aromatic rings. The summed E-state index contributed by atoms with van der Waals surface area (Å²) in [7, 11) is 0. The number of pyridine rings is 1. The molecule has 2 aromatic heterocycles. The number of allylic oxidation sites excluding steroid dienone is 1. The lowest BCUT2D eigenvalue weighted by Gasteiger charge is -2.51. The minimum absolute atomic E-state index is 0.0787. The normalized spacial score (nSPS) is 22.7. The van der Waals surface area contributed by atoms with Crippen molar-refractivity contribution >= 4 is 69.1 Å². The fraction of sp³-hybridized carbons (Fsp3) is 0.379. The first kappa shape index (κ1) is 31.2. The maximum absolute atomic E-state index is 13.6. The average molecular weight is 667 g/mol. The molecule has 0 unspecified atom stereocenters. The number of nitrogens with zero attached hydrogens (tertiary/aromatic N) is 4. The minimum atomic E-state index is -1.61. The number of rotatable bonds is 10. The molecule has 0 radical (unpaired) electrons. The van der Waals surface area contributed by atoms with Crippen molar-refractivity contribution in [2.24, 2.45) is 10.9 Å². The largest absolute Gasteiger partial charge is 0.543 e. The summed E-state index contributed by atoms with van der Waals surface area (Å²) in [6.45, 7) is 0.216. The molecule has 0 aromatic carbocycles. The molecule has 3 aliphatic heterocycles. The van der Waals surface area contributed by atoms with E-state index in [2.05, 4.69) is 20.8 Å². The highest BCUT2D eigenvalue weighted by Crippen LogP contribution is 2.45. The van der Waals surface area contributed by atoms with Crippen molar-refractivity contribution in [1.29, 1.82) is 0 Å². The Labute approximate surface area is 270 Å². The summed E-state index contributed by atoms with van der Waals surface area (Å²) in [4.78, 5) is 75.0. The minimum Gasteiger partial charge on any atom is -0.543 e. The smallest absolute Gasteiger partial charge is 0.283 e. The van der Waals surface area contributed by atoms with Crippen molar-refractivity contribution < 1.29 is 38.5 Å². The standard InChI is InChI=1S/C29H30N8O7S2/c30-19(38)11-36-9-3-4-14(10-36)20(16-7-8-32-24(16)39)17-12-45-27-22(26(41)37(27)23(17)28(42)43)34-25(40)21(18-13-46-29(31)33-18)35-44-15-5-1-2-6-15/h3-4,9-10,13,15,22,27H,1-2,5-8,11-12H2,(H6-,30,31,32,33,34,38,39,40,42,43)/t22-,27-/m1/s1. The first-order valence-corrected chi connectivity index (χ1v) is 16.5. The van der Waals surface area contributed by atoms with E-state index < -0.39 is 40.8 Å². The monoisotopic (exact) mass is 666 g/mol. The van der Waals surface area contributed by atoms with Gasteiger partial charge in [0.25, 0.3) is 17.7 Å². The molecule has 2 saturated heterocycles. The molecule has 0 spiro atoms. The van der Waals surface area contributed by atoms with E-state index in [9.17, 15) is 29.1 Å². The van der Waals surface area contributed by atoms with Crippen molar-refractivity contribution in [3.63, 3.8) is 0 Å². The zero-order valence-electron chi connectivity index (χ0n) is 24.4. The second-order valence-corrected chi connectivity index (χ2v) is 13.1. The van der Waals surface area contributed by atoms with E-state index in [4.69, 9.17) is 16.3 Å². The fourth-order valence-electron chi connectivity index (χ4n) is 5.97. The number of hydrogen-bond donors (Lipinski definition) is 4. The number of thioether (sulfide) groups is 1. The topological polar surface area (TPSA) is 226 Å². The van der Waals surface area contributed by atoms with Crippen LogP contribution < -0.4 is 31.8 Å². The van der Waals surface area contributed by atoms with E-state index in [0.717, 1.165) is 41.9 Å². The summed E-state index contributed by atoms with van der Waals surface area (Å²) in [6, 6.07) is 2.25. The van der Waals surface area contributed by atoms with Crippen LogP contribution in [0.2, 0.25) is 0 Å². The summed E-state index contributed by atoms with van der Waals surface area (Å²) in [5, 5.41) is 23.2. The zero-order chi connectivity index (χ0) is 32.5. The third-order valence-corrected chi connectivity index (χ3v) is 10.0. The quantitative estimate of drug-likeness (QED) is 0.0758. The summed E-state index contributed by atoms with van der Waals surface area (Å²) in [5.74, 6) is -3.88. The van der Waals surface area contributed by atoms with Crippen molar-refractivity contribution in [3.05, 3.63) is 58.0 Å². The van der Waals surface area contributed by atoms with Gasteiger partial charge in [-0.1, -0.05) is 5.16 Å². The van der Waals surface area contributed by atoms with Crippen LogP contribution in [0.3, 0.4) is 0 Å². The highest BCUT2D eigenvalue weighted by Gasteiger charge is 2.54. The first-order chi connectivity index (χ1) is 22.1. The zero-order valence-corrected chi connectivity index (χ0v) is 26.0. The number of nitrogen functional groups attached to an aromatic ring is 1. The molecule has 1 aliphatic carbocycles. The Morgan fingerprint density at radius 2 is 2.04 bits per heavy atom. The van der Waals surface area contributed by atoms with Gasteiger partial charge in [-0.25, -0.2) is 4.98 Å². The van der Waals surface area contributed by atoms with Gasteiger partial charge in [-0.05, 0) is 43.7 Å². The molecule has 240 valence electrons. The third kappa shape index (κ3) is 6.06. The number of carboxylic acid groups (broad SMARTS) is 1. The highest BCUT2D eigenvalue weighted by molar-refractivity contribution is 8.00. The van der Waals surface area contributed by atoms with Crippen LogP contribution in [0, 0.1) is 0 Å². The van der Waals surface area contributed by atoms with Gasteiger partial charge in [0, 0.05) is 40.5 Å². The van der Waals surface area contributed by atoms with Crippen LogP contribution in [-0.4, -0.2) is 75.0 Å². The van der Waals surface area contributed by atoms with Crippen LogP contribution >= 0.6 is 23.1 Å². The van der Waals surface area contributed by atoms with Crippen molar-refractivity contribution in [1.82, 2.24) is 20.5 Å². The number of carboxylic acids is 1. The number of amides is 4. The third-order valence-electron chi connectivity index (χ3n) is 8.05. The Morgan fingerprint density at radius 1 is 1.26 bits per heavy atom. The first-order valence-electron chi connectivity index (χ1n) is 14.6. The van der Waals surface area contributed by atoms with Gasteiger partial charge in [-0.15, -0.1) is 23.1 Å². The summed E-state index contributed by atoms with van der Waals surface area (Å²) >= 11 is 2.35. The summed E-state index contributed by atoms with van der Waals surface area (Å²) < 4.78 is 1.52. The maximum Gasteiger partial charge on any atom is 0.283 e. The molecule has 5 heterocycles. The van der Waals surface area contributed by atoms with Crippen LogP contribution in [-0.2, 0) is 35.4 Å². The number of anilines is 1. The number of aromatic nitrogens is 2. The van der Waals surface area contributed by atoms with E-state index in [1.807, 2.05) is 0 Å². The maximum atomic E-state index is 13.6. The van der Waals surface area contributed by atoms with E-state index in [1.54, 1.807) is 29.9 Å². The van der Waals surface area contributed by atoms with Crippen molar-refractivity contribution in [2.75, 3.05) is 18.0 Å². The summed E-state index contributed by atoms with van der Waals surface area (Å²) in [5.41, 5.74) is 12.2. The Balaban J connectivity index is 1.31. The van der Waals surface area contributed by atoms with E-state index >= 15 is 0 Å². The van der Waals surface area contributed by atoms with Gasteiger partial charge < -0.3 is 36.8 Å². The van der Waals surface area contributed by atoms with Gasteiger partial charge in [-0.3, -0.25) is 24.1 Å². The van der Waals surface area contributed by atoms with Gasteiger partial charge in [0.05, 0.1) is 11.7 Å². The molecule has 3 fully saturated rings. The van der Waals surface area contributed by atoms with Crippen molar-refractivity contribution in [3.8, 4) is 0 Å². The Hall–Kier alpha value is -4.77. The molecule has 4 amide bonds. The lowest BCUT2D eigenvalue weighted by Crippen LogP contribution is -2.71. The summed E-state index contributed by atoms with van der Waals surface area (Å²) in [6.07, 6.45) is 6.99. The highest BCUT2D eigenvalue weighted by atomic mass is 32.2. The molecule has 6 rings (SSSR count). The SMILES string of the molecule is NC(=O)C[n+]1cccc(C(=C2CCNC2=O)C2=C(C(=O)[O-])N3C(=O)[C@@H](NC(=O)C(=NOC4CCCC4)c4csc(N)n4)[C@H]3SC2)c1. The number of thiazole rings is 1. The van der Waals surface area contributed by atoms with Crippen LogP contribution in [0.1, 0.15) is 43.4 Å². The molecule has 4 aliphatic rings. The van der Waals surface area contributed by atoms with E-state index in [0.29, 0.717) is 29.7 Å². The predicted molar refractivity (Wildman–Crippen MR) is 164 cm³/mol. The van der Waals surface area contributed by atoms with Gasteiger partial charge >= 0.3 is 0 Å². The van der Waals surface area contributed by atoms with Gasteiger partial charge in [0.2, 0.25) is 12.5 Å². The number of nitrogens with two attached hydrogens (primary N) is 2. The van der Waals surface area contributed by atoms with Crippen LogP contribution in [0.15, 0.2) is 51.9 Å². The number of aliphatic carboxylic acids is 1. The van der Waals surface area contributed by atoms with E-state index in [-0.39, 0.29) is 46.4 Å². The lowest BCUT2D eigenvalue weighted by atomic mass is 9.90. The molecule has 1 saturated carbocycles. The number of fused-ring (bicyclic) bond motifs is 1. The van der Waals surface area contributed by atoms with Crippen LogP contribution in [0.5, 0.6) is 0 Å². The Bertz CT molecular complexity index is 1730. The number of carbonyl (C=O) groups excluding carboxylic acids is 5. The molecular weight excluding hydrogens is 637 g/mol. The van der Waals surface area contributed by atoms with Crippen molar-refractivity contribution in [2.45, 2.75) is 56.2 Å². The fourth-order valence-corrected chi connectivity index (χ4v) is 7.87. The second kappa shape index (κ2) is 12.9.